The van der Waals surface area contributed by atoms with Crippen LogP contribution in [0, 0.1) is 0 Å². The molecule has 0 radical (unpaired) electrons. The fourth-order valence-electron chi connectivity index (χ4n) is 3.56. The fraction of sp³-hybridized carbons (Fsp3) is 0.647. The summed E-state index contributed by atoms with van der Waals surface area (Å²) in [7, 11) is 0. The van der Waals surface area contributed by atoms with Gasteiger partial charge in [-0.15, -0.1) is 0 Å². The van der Waals surface area contributed by atoms with Crippen molar-refractivity contribution in [2.24, 2.45) is 0 Å². The van der Waals surface area contributed by atoms with Crippen LogP contribution in [0.2, 0.25) is 0 Å². The minimum Gasteiger partial charge on any atom is -0.490 e. The summed E-state index contributed by atoms with van der Waals surface area (Å²) < 4.78 is 13.2. The van der Waals surface area contributed by atoms with Crippen LogP contribution in [0.15, 0.2) is 22.7 Å². The highest BCUT2D eigenvalue weighted by atomic mass is 79.9. The average Bonchev–Trinajstić information content (AvgIpc) is 3.07. The molecule has 1 spiro atoms. The molecule has 116 valence electrons. The number of rotatable bonds is 4. The third-order valence-corrected chi connectivity index (χ3v) is 5.20. The van der Waals surface area contributed by atoms with Gasteiger partial charge in [-0.1, -0.05) is 34.8 Å². The number of aliphatic hydroxyl groups is 1. The molecule has 21 heavy (non-hydrogen) atoms. The molecule has 1 heterocycles. The molecule has 0 amide bonds. The first-order valence-corrected chi connectivity index (χ1v) is 8.65. The van der Waals surface area contributed by atoms with Crippen molar-refractivity contribution in [1.82, 2.24) is 0 Å². The van der Waals surface area contributed by atoms with Gasteiger partial charge in [0.05, 0.1) is 17.8 Å². The lowest BCUT2D eigenvalue weighted by molar-refractivity contribution is -0.0511. The number of ether oxygens (including phenoxy) is 2. The van der Waals surface area contributed by atoms with Gasteiger partial charge < -0.3 is 14.6 Å². The van der Waals surface area contributed by atoms with Gasteiger partial charge in [0.1, 0.15) is 12.4 Å². The van der Waals surface area contributed by atoms with E-state index in [1.165, 1.54) is 32.1 Å². The lowest BCUT2D eigenvalue weighted by atomic mass is 9.98. The quantitative estimate of drug-likeness (QED) is 0.872. The first kappa shape index (κ1) is 15.3. The summed E-state index contributed by atoms with van der Waals surface area (Å²) >= 11 is 3.45. The van der Waals surface area contributed by atoms with Crippen molar-refractivity contribution in [3.63, 3.8) is 0 Å². The van der Waals surface area contributed by atoms with Crippen LogP contribution in [0.5, 0.6) is 5.75 Å². The summed E-state index contributed by atoms with van der Waals surface area (Å²) in [6, 6.07) is 5.74. The average molecular weight is 355 g/mol. The van der Waals surface area contributed by atoms with Crippen molar-refractivity contribution < 1.29 is 14.6 Å². The maximum Gasteiger partial charge on any atom is 0.126 e. The molecule has 1 aromatic carbocycles. The van der Waals surface area contributed by atoms with Gasteiger partial charge in [0.15, 0.2) is 0 Å². The van der Waals surface area contributed by atoms with E-state index in [4.69, 9.17) is 9.47 Å². The third-order valence-electron chi connectivity index (χ3n) is 4.70. The van der Waals surface area contributed by atoms with Crippen LogP contribution in [-0.2, 0) is 4.74 Å². The van der Waals surface area contributed by atoms with Crippen LogP contribution >= 0.6 is 15.9 Å². The van der Waals surface area contributed by atoms with Crippen molar-refractivity contribution in [3.05, 3.63) is 28.2 Å². The predicted molar refractivity (Wildman–Crippen MR) is 85.6 cm³/mol. The molecule has 1 saturated heterocycles. The molecule has 0 bridgehead atoms. The Morgan fingerprint density at radius 2 is 2.14 bits per heavy atom. The van der Waals surface area contributed by atoms with E-state index in [1.54, 1.807) is 6.92 Å². The van der Waals surface area contributed by atoms with Crippen molar-refractivity contribution >= 4 is 15.9 Å². The molecule has 2 fully saturated rings. The molecule has 1 unspecified atom stereocenters. The van der Waals surface area contributed by atoms with E-state index in [0.717, 1.165) is 22.2 Å². The Balaban J connectivity index is 1.62. The predicted octanol–water partition coefficient (Wildman–Crippen LogP) is 4.37. The van der Waals surface area contributed by atoms with Gasteiger partial charge in [-0.25, -0.2) is 0 Å². The van der Waals surface area contributed by atoms with Gasteiger partial charge in [0.25, 0.3) is 0 Å². The smallest absolute Gasteiger partial charge is 0.126 e. The van der Waals surface area contributed by atoms with Gasteiger partial charge in [-0.3, -0.25) is 0 Å². The highest BCUT2D eigenvalue weighted by Gasteiger charge is 2.42. The van der Waals surface area contributed by atoms with E-state index < -0.39 is 6.10 Å². The number of hydrogen-bond donors (Lipinski definition) is 1. The Bertz CT molecular complexity index is 495. The van der Waals surface area contributed by atoms with Gasteiger partial charge in [-0.05, 0) is 44.7 Å². The van der Waals surface area contributed by atoms with Crippen LogP contribution in [0.25, 0.3) is 0 Å². The minimum atomic E-state index is -0.529. The Morgan fingerprint density at radius 1 is 1.38 bits per heavy atom. The summed E-state index contributed by atoms with van der Waals surface area (Å²) in [5.74, 6) is 0.746. The summed E-state index contributed by atoms with van der Waals surface area (Å²) in [5.41, 5.74) is 0.977. The minimum absolute atomic E-state index is 0.151. The molecule has 0 aromatic heterocycles. The second-order valence-electron chi connectivity index (χ2n) is 6.34. The summed E-state index contributed by atoms with van der Waals surface area (Å²) in [6.07, 6.45) is 6.92. The normalized spacial score (nSPS) is 25.4. The lowest BCUT2D eigenvalue weighted by Gasteiger charge is -2.24. The molecule has 1 saturated carbocycles. The Kier molecular flexibility index (Phi) is 4.57. The van der Waals surface area contributed by atoms with E-state index in [0.29, 0.717) is 6.61 Å². The fourth-order valence-corrected chi connectivity index (χ4v) is 3.90. The van der Waals surface area contributed by atoms with Crippen LogP contribution in [0.1, 0.15) is 57.1 Å². The summed E-state index contributed by atoms with van der Waals surface area (Å²) in [5, 5.41) is 9.83. The van der Waals surface area contributed by atoms with Crippen LogP contribution in [0.4, 0.5) is 0 Å². The number of benzene rings is 1. The molecular weight excluding hydrogens is 332 g/mol. The van der Waals surface area contributed by atoms with E-state index >= 15 is 0 Å². The summed E-state index contributed by atoms with van der Waals surface area (Å²) in [6.45, 7) is 2.33. The van der Waals surface area contributed by atoms with Crippen LogP contribution < -0.4 is 4.74 Å². The molecule has 1 aromatic rings. The number of halogens is 1. The molecule has 2 aliphatic rings. The Morgan fingerprint density at radius 3 is 2.86 bits per heavy atom. The van der Waals surface area contributed by atoms with Gasteiger partial charge in [-0.2, -0.15) is 0 Å². The molecule has 1 aliphatic carbocycles. The van der Waals surface area contributed by atoms with Crippen molar-refractivity contribution in [1.29, 1.82) is 0 Å². The maximum absolute atomic E-state index is 9.83. The molecule has 2 atom stereocenters. The zero-order valence-electron chi connectivity index (χ0n) is 12.5. The van der Waals surface area contributed by atoms with Gasteiger partial charge in [0.2, 0.25) is 0 Å². The van der Waals surface area contributed by atoms with E-state index in [2.05, 4.69) is 15.9 Å². The molecular formula is C17H23BrO3. The van der Waals surface area contributed by atoms with Gasteiger partial charge >= 0.3 is 0 Å². The second-order valence-corrected chi connectivity index (χ2v) is 7.25. The Labute approximate surface area is 134 Å². The summed E-state index contributed by atoms with van der Waals surface area (Å²) in [4.78, 5) is 0. The number of hydrogen-bond acceptors (Lipinski definition) is 3. The van der Waals surface area contributed by atoms with Crippen molar-refractivity contribution in [2.75, 3.05) is 6.61 Å². The zero-order chi connectivity index (χ0) is 14.9. The molecule has 4 heteroatoms. The molecule has 3 rings (SSSR count). The maximum atomic E-state index is 9.83. The first-order valence-electron chi connectivity index (χ1n) is 7.86. The zero-order valence-corrected chi connectivity index (χ0v) is 14.1. The Hall–Kier alpha value is -0.580. The largest absolute Gasteiger partial charge is 0.490 e. The highest BCUT2D eigenvalue weighted by Crippen LogP contribution is 2.43. The highest BCUT2D eigenvalue weighted by molar-refractivity contribution is 9.10. The SMILES string of the molecule is C[C@@H](O)c1ccc(Br)cc1OCC1CCC2(CCCC2)O1. The van der Waals surface area contributed by atoms with E-state index in [-0.39, 0.29) is 11.7 Å². The molecule has 3 nitrogen and oxygen atoms in total. The third kappa shape index (κ3) is 3.43. The first-order chi connectivity index (χ1) is 10.1. The monoisotopic (exact) mass is 354 g/mol. The topological polar surface area (TPSA) is 38.7 Å². The van der Waals surface area contributed by atoms with Crippen LogP contribution in [0.3, 0.4) is 0 Å². The van der Waals surface area contributed by atoms with Crippen LogP contribution in [-0.4, -0.2) is 23.4 Å². The molecule has 1 N–H and O–H groups in total. The van der Waals surface area contributed by atoms with Crippen molar-refractivity contribution in [2.45, 2.75) is 63.3 Å². The standard InChI is InChI=1S/C17H23BrO3/c1-12(19)15-5-4-13(18)10-16(15)20-11-14-6-9-17(21-14)7-2-3-8-17/h4-5,10,12,14,19H,2-3,6-9,11H2,1H3/t12-,14?/m1/s1. The van der Waals surface area contributed by atoms with Crippen molar-refractivity contribution in [3.8, 4) is 5.75 Å². The number of aliphatic hydroxyl groups excluding tert-OH is 1. The van der Waals surface area contributed by atoms with Gasteiger partial charge in [0, 0.05) is 10.0 Å². The lowest BCUT2D eigenvalue weighted by Crippen LogP contribution is -2.27. The van der Waals surface area contributed by atoms with E-state index in [1.807, 2.05) is 18.2 Å². The molecule has 1 aliphatic heterocycles. The second kappa shape index (κ2) is 6.27. The van der Waals surface area contributed by atoms with E-state index in [9.17, 15) is 5.11 Å².